The Morgan fingerprint density at radius 3 is 2.50 bits per heavy atom. The molecule has 0 saturated heterocycles. The summed E-state index contributed by atoms with van der Waals surface area (Å²) < 4.78 is 5.27. The first-order chi connectivity index (χ1) is 5.65. The molecule has 0 saturated carbocycles. The Labute approximate surface area is 74.9 Å². The van der Waals surface area contributed by atoms with E-state index in [-0.39, 0.29) is 12.1 Å². The average Bonchev–Trinajstić information content (AvgIpc) is 2.04. The van der Waals surface area contributed by atoms with Crippen LogP contribution in [0.15, 0.2) is 12.2 Å². The monoisotopic (exact) mass is 172 g/mol. The van der Waals surface area contributed by atoms with Crippen LogP contribution in [0.4, 0.5) is 0 Å². The van der Waals surface area contributed by atoms with Crippen molar-refractivity contribution in [2.45, 2.75) is 38.8 Å². The Morgan fingerprint density at radius 1 is 1.67 bits per heavy atom. The zero-order chi connectivity index (χ0) is 9.56. The predicted octanol–water partition coefficient (Wildman–Crippen LogP) is 1.21. The standard InChI is InChI=1S/C9H20N2O/c1-5-9(12-4)8(11-10)6-7(2)3/h8-9,11H,2,5-6,10H2,1,3-4H3. The molecule has 0 spiro atoms. The van der Waals surface area contributed by atoms with E-state index in [1.54, 1.807) is 7.11 Å². The molecule has 0 rings (SSSR count). The number of ether oxygens (including phenoxy) is 1. The molecule has 0 aliphatic carbocycles. The zero-order valence-electron chi connectivity index (χ0n) is 8.26. The van der Waals surface area contributed by atoms with E-state index in [0.717, 1.165) is 18.4 Å². The second-order valence-electron chi connectivity index (χ2n) is 3.12. The van der Waals surface area contributed by atoms with Gasteiger partial charge in [0.25, 0.3) is 0 Å². The van der Waals surface area contributed by atoms with Crippen molar-refractivity contribution in [3.63, 3.8) is 0 Å². The smallest absolute Gasteiger partial charge is 0.0738 e. The molecule has 0 fully saturated rings. The fraction of sp³-hybridized carbons (Fsp3) is 0.778. The van der Waals surface area contributed by atoms with Crippen molar-refractivity contribution >= 4 is 0 Å². The highest BCUT2D eigenvalue weighted by atomic mass is 16.5. The summed E-state index contributed by atoms with van der Waals surface area (Å²) in [4.78, 5) is 0. The molecule has 3 heteroatoms. The molecule has 2 atom stereocenters. The third-order valence-electron chi connectivity index (χ3n) is 1.94. The minimum absolute atomic E-state index is 0.173. The molecule has 12 heavy (non-hydrogen) atoms. The summed E-state index contributed by atoms with van der Waals surface area (Å²) in [5, 5.41) is 0. The average molecular weight is 172 g/mol. The molecule has 0 aliphatic heterocycles. The lowest BCUT2D eigenvalue weighted by Crippen LogP contribution is -2.44. The van der Waals surface area contributed by atoms with Gasteiger partial charge in [0.05, 0.1) is 12.1 Å². The molecule has 0 aliphatic rings. The molecule has 2 unspecified atom stereocenters. The van der Waals surface area contributed by atoms with Crippen molar-refractivity contribution in [2.75, 3.05) is 7.11 Å². The van der Waals surface area contributed by atoms with Crippen LogP contribution >= 0.6 is 0 Å². The molecule has 3 N–H and O–H groups in total. The van der Waals surface area contributed by atoms with Crippen molar-refractivity contribution < 1.29 is 4.74 Å². The van der Waals surface area contributed by atoms with E-state index >= 15 is 0 Å². The number of hydrogen-bond acceptors (Lipinski definition) is 3. The van der Waals surface area contributed by atoms with Crippen molar-refractivity contribution in [1.29, 1.82) is 0 Å². The van der Waals surface area contributed by atoms with Crippen LogP contribution in [0.5, 0.6) is 0 Å². The van der Waals surface area contributed by atoms with Gasteiger partial charge < -0.3 is 4.74 Å². The van der Waals surface area contributed by atoms with Gasteiger partial charge in [-0.05, 0) is 19.8 Å². The van der Waals surface area contributed by atoms with Gasteiger partial charge in [-0.3, -0.25) is 11.3 Å². The highest BCUT2D eigenvalue weighted by Gasteiger charge is 2.17. The molecule has 3 nitrogen and oxygen atoms in total. The van der Waals surface area contributed by atoms with Crippen LogP contribution < -0.4 is 11.3 Å². The van der Waals surface area contributed by atoms with E-state index < -0.39 is 0 Å². The quantitative estimate of drug-likeness (QED) is 0.359. The third kappa shape index (κ3) is 3.85. The number of rotatable bonds is 6. The van der Waals surface area contributed by atoms with Crippen molar-refractivity contribution in [1.82, 2.24) is 5.43 Å². The van der Waals surface area contributed by atoms with E-state index in [1.165, 1.54) is 0 Å². The van der Waals surface area contributed by atoms with Crippen molar-refractivity contribution in [2.24, 2.45) is 5.84 Å². The fourth-order valence-corrected chi connectivity index (χ4v) is 1.29. The fourth-order valence-electron chi connectivity index (χ4n) is 1.29. The van der Waals surface area contributed by atoms with E-state index in [1.807, 2.05) is 6.92 Å². The van der Waals surface area contributed by atoms with E-state index in [2.05, 4.69) is 18.9 Å². The highest BCUT2D eigenvalue weighted by molar-refractivity contribution is 4.94. The Balaban J connectivity index is 4.01. The normalized spacial score (nSPS) is 15.7. The van der Waals surface area contributed by atoms with Gasteiger partial charge in [-0.1, -0.05) is 12.5 Å². The van der Waals surface area contributed by atoms with Crippen LogP contribution in [0, 0.1) is 0 Å². The summed E-state index contributed by atoms with van der Waals surface area (Å²) in [5.41, 5.74) is 3.87. The van der Waals surface area contributed by atoms with Gasteiger partial charge in [-0.2, -0.15) is 0 Å². The number of hydrogen-bond donors (Lipinski definition) is 2. The molecule has 0 amide bonds. The molecule has 0 radical (unpaired) electrons. The maximum atomic E-state index is 5.40. The second-order valence-corrected chi connectivity index (χ2v) is 3.12. The minimum atomic E-state index is 0.173. The lowest BCUT2D eigenvalue weighted by molar-refractivity contribution is 0.0654. The van der Waals surface area contributed by atoms with E-state index in [0.29, 0.717) is 0 Å². The second kappa shape index (κ2) is 6.17. The van der Waals surface area contributed by atoms with E-state index in [9.17, 15) is 0 Å². The number of nitrogens with two attached hydrogens (primary N) is 1. The zero-order valence-corrected chi connectivity index (χ0v) is 8.26. The first-order valence-electron chi connectivity index (χ1n) is 4.29. The van der Waals surface area contributed by atoms with Gasteiger partial charge in [0.15, 0.2) is 0 Å². The summed E-state index contributed by atoms with van der Waals surface area (Å²) in [6.07, 6.45) is 1.99. The van der Waals surface area contributed by atoms with E-state index in [4.69, 9.17) is 10.6 Å². The molecule has 0 bridgehead atoms. The Bertz CT molecular complexity index is 132. The Kier molecular flexibility index (Phi) is 5.98. The van der Waals surface area contributed by atoms with Crippen molar-refractivity contribution in [3.8, 4) is 0 Å². The van der Waals surface area contributed by atoms with Gasteiger partial charge in [0.2, 0.25) is 0 Å². The van der Waals surface area contributed by atoms with Gasteiger partial charge in [0.1, 0.15) is 0 Å². The van der Waals surface area contributed by atoms with Crippen LogP contribution in [0.25, 0.3) is 0 Å². The summed E-state index contributed by atoms with van der Waals surface area (Å²) in [5.74, 6) is 5.40. The SMILES string of the molecule is C=C(C)CC(NN)C(CC)OC. The molecular weight excluding hydrogens is 152 g/mol. The summed E-state index contributed by atoms with van der Waals surface area (Å²) in [6.45, 7) is 7.92. The minimum Gasteiger partial charge on any atom is -0.380 e. The Morgan fingerprint density at radius 2 is 2.25 bits per heavy atom. The van der Waals surface area contributed by atoms with Gasteiger partial charge in [0, 0.05) is 7.11 Å². The summed E-state index contributed by atoms with van der Waals surface area (Å²) >= 11 is 0. The number of hydrazine groups is 1. The molecular formula is C9H20N2O. The van der Waals surface area contributed by atoms with Crippen LogP contribution in [0.1, 0.15) is 26.7 Å². The van der Waals surface area contributed by atoms with Gasteiger partial charge >= 0.3 is 0 Å². The lowest BCUT2D eigenvalue weighted by atomic mass is 10.0. The molecule has 0 aromatic carbocycles. The predicted molar refractivity (Wildman–Crippen MR) is 51.6 cm³/mol. The lowest BCUT2D eigenvalue weighted by Gasteiger charge is -2.24. The molecule has 72 valence electrons. The van der Waals surface area contributed by atoms with Crippen LogP contribution in [0.3, 0.4) is 0 Å². The first kappa shape index (κ1) is 11.6. The largest absolute Gasteiger partial charge is 0.380 e. The maximum absolute atomic E-state index is 5.40. The van der Waals surface area contributed by atoms with Crippen molar-refractivity contribution in [3.05, 3.63) is 12.2 Å². The first-order valence-corrected chi connectivity index (χ1v) is 4.29. The topological polar surface area (TPSA) is 47.3 Å². The van der Waals surface area contributed by atoms with Crippen LogP contribution in [0.2, 0.25) is 0 Å². The summed E-state index contributed by atoms with van der Waals surface area (Å²) in [7, 11) is 1.71. The number of nitrogens with one attached hydrogen (secondary N) is 1. The van der Waals surface area contributed by atoms with Gasteiger partial charge in [-0.25, -0.2) is 0 Å². The molecule has 0 heterocycles. The third-order valence-corrected chi connectivity index (χ3v) is 1.94. The summed E-state index contributed by atoms with van der Waals surface area (Å²) in [6, 6.07) is 0.178. The molecule has 0 aromatic heterocycles. The van der Waals surface area contributed by atoms with Crippen LogP contribution in [-0.4, -0.2) is 19.3 Å². The maximum Gasteiger partial charge on any atom is 0.0738 e. The van der Waals surface area contributed by atoms with Crippen LogP contribution in [-0.2, 0) is 4.74 Å². The van der Waals surface area contributed by atoms with Gasteiger partial charge in [-0.15, -0.1) is 6.58 Å². The number of methoxy groups -OCH3 is 1. The Hall–Kier alpha value is -0.380. The molecule has 0 aromatic rings. The highest BCUT2D eigenvalue weighted by Crippen LogP contribution is 2.10.